The number of hydrogen-bond acceptors (Lipinski definition) is 10. The number of aliphatic hydroxyl groups is 2. The standard InChI is InChI=1S/C30H34N6O3S/c1-15-23(28-35-24-16(2)31-11-10-22(24)40-28)27(34-21-14-20(30(3,4)39)25(37)26(21)38)36-29(32-15)33-19-12-18(13-19)17-8-6-5-7-9-17/h5-11,18-21,26,38-39H,12-14H2,1-4H3,(H2,32,33,34,36)/t18?,19?,20-,21+,26-/m0/s1. The predicted octanol–water partition coefficient (Wildman–Crippen LogP) is 4.62. The number of hydrogen-bond donors (Lipinski definition) is 4. The molecule has 6 rings (SSSR count). The molecule has 9 nitrogen and oxygen atoms in total. The van der Waals surface area contributed by atoms with Crippen LogP contribution in [0.5, 0.6) is 0 Å². The van der Waals surface area contributed by atoms with E-state index in [0.29, 0.717) is 24.1 Å². The summed E-state index contributed by atoms with van der Waals surface area (Å²) in [6, 6.07) is 12.1. The van der Waals surface area contributed by atoms with Crippen LogP contribution in [0.3, 0.4) is 0 Å². The minimum Gasteiger partial charge on any atom is -0.390 e. The molecule has 0 aliphatic heterocycles. The summed E-state index contributed by atoms with van der Waals surface area (Å²) < 4.78 is 1.01. The van der Waals surface area contributed by atoms with Crippen LogP contribution < -0.4 is 10.6 Å². The number of Topliss-reactive ketones (excluding diaryl/α,β-unsaturated/α-hetero) is 1. The van der Waals surface area contributed by atoms with Gasteiger partial charge in [-0.25, -0.2) is 9.97 Å². The van der Waals surface area contributed by atoms with Crippen molar-refractivity contribution in [2.75, 3.05) is 10.6 Å². The molecule has 0 unspecified atom stereocenters. The highest BCUT2D eigenvalue weighted by atomic mass is 32.1. The fourth-order valence-corrected chi connectivity index (χ4v) is 6.97. The topological polar surface area (TPSA) is 133 Å². The number of thiazole rings is 1. The molecule has 3 atom stereocenters. The molecule has 2 fully saturated rings. The Labute approximate surface area is 237 Å². The molecule has 0 spiro atoms. The number of aliphatic hydroxyl groups excluding tert-OH is 1. The summed E-state index contributed by atoms with van der Waals surface area (Å²) in [5.74, 6) is 0.474. The molecule has 0 bridgehead atoms. The number of ketones is 1. The molecule has 1 aromatic carbocycles. The van der Waals surface area contributed by atoms with E-state index in [2.05, 4.69) is 39.9 Å². The fraction of sp³-hybridized carbons (Fsp3) is 0.433. The maximum Gasteiger partial charge on any atom is 0.225 e. The van der Waals surface area contributed by atoms with Gasteiger partial charge in [-0.1, -0.05) is 30.3 Å². The van der Waals surface area contributed by atoms with Gasteiger partial charge in [0.15, 0.2) is 5.78 Å². The lowest BCUT2D eigenvalue weighted by Gasteiger charge is -2.36. The van der Waals surface area contributed by atoms with Crippen molar-refractivity contribution in [1.82, 2.24) is 19.9 Å². The molecule has 3 aromatic heterocycles. The third-order valence-corrected chi connectivity index (χ3v) is 9.25. The van der Waals surface area contributed by atoms with Crippen LogP contribution in [-0.2, 0) is 4.79 Å². The highest BCUT2D eigenvalue weighted by Gasteiger charge is 2.48. The number of carbonyl (C=O) groups is 1. The molecule has 0 saturated heterocycles. The molecule has 4 N–H and O–H groups in total. The summed E-state index contributed by atoms with van der Waals surface area (Å²) in [5.41, 5.74) is 3.25. The Bertz CT molecular complexity index is 1560. The first-order chi connectivity index (χ1) is 19.1. The molecule has 10 heteroatoms. The third-order valence-electron chi connectivity index (χ3n) is 8.22. The number of nitrogens with zero attached hydrogens (tertiary/aromatic N) is 4. The number of fused-ring (bicyclic) bond motifs is 1. The van der Waals surface area contributed by atoms with Gasteiger partial charge in [-0.05, 0) is 64.5 Å². The summed E-state index contributed by atoms with van der Waals surface area (Å²) in [7, 11) is 0. The zero-order valence-corrected chi connectivity index (χ0v) is 23.9. The molecular weight excluding hydrogens is 524 g/mol. The lowest BCUT2D eigenvalue weighted by Crippen LogP contribution is -2.36. The van der Waals surface area contributed by atoms with Crippen molar-refractivity contribution in [3.8, 4) is 10.6 Å². The van der Waals surface area contributed by atoms with Crippen LogP contribution in [0.25, 0.3) is 20.8 Å². The Morgan fingerprint density at radius 1 is 0.975 bits per heavy atom. The van der Waals surface area contributed by atoms with Crippen LogP contribution in [0, 0.1) is 19.8 Å². The number of nitrogens with one attached hydrogen (secondary N) is 2. The second kappa shape index (κ2) is 10.2. The third kappa shape index (κ3) is 4.95. The molecule has 2 aliphatic carbocycles. The van der Waals surface area contributed by atoms with E-state index in [1.54, 1.807) is 20.0 Å². The predicted molar refractivity (Wildman–Crippen MR) is 157 cm³/mol. The van der Waals surface area contributed by atoms with Crippen LogP contribution in [0.4, 0.5) is 11.8 Å². The first kappa shape index (κ1) is 26.7. The highest BCUT2D eigenvalue weighted by molar-refractivity contribution is 7.21. The van der Waals surface area contributed by atoms with Crippen LogP contribution in [-0.4, -0.2) is 59.7 Å². The van der Waals surface area contributed by atoms with Gasteiger partial charge in [0.1, 0.15) is 22.4 Å². The molecular formula is C30H34N6O3S. The Balaban J connectivity index is 1.32. The van der Waals surface area contributed by atoms with Crippen molar-refractivity contribution in [2.24, 2.45) is 5.92 Å². The van der Waals surface area contributed by atoms with Crippen molar-refractivity contribution in [2.45, 2.75) is 76.7 Å². The molecule has 208 valence electrons. The summed E-state index contributed by atoms with van der Waals surface area (Å²) >= 11 is 1.53. The zero-order valence-electron chi connectivity index (χ0n) is 23.0. The summed E-state index contributed by atoms with van der Waals surface area (Å²) in [5, 5.41) is 29.0. The van der Waals surface area contributed by atoms with E-state index < -0.39 is 23.7 Å². The molecule has 0 amide bonds. The van der Waals surface area contributed by atoms with Gasteiger partial charge in [-0.3, -0.25) is 9.78 Å². The monoisotopic (exact) mass is 558 g/mol. The van der Waals surface area contributed by atoms with E-state index in [1.165, 1.54) is 16.9 Å². The second-order valence-corrected chi connectivity index (χ2v) is 12.6. The van der Waals surface area contributed by atoms with Gasteiger partial charge >= 0.3 is 0 Å². The second-order valence-electron chi connectivity index (χ2n) is 11.6. The fourth-order valence-electron chi connectivity index (χ4n) is 5.86. The number of rotatable bonds is 7. The van der Waals surface area contributed by atoms with Gasteiger partial charge in [0.2, 0.25) is 5.95 Å². The number of aryl methyl sites for hydroxylation is 2. The number of carbonyl (C=O) groups excluding carboxylic acids is 1. The molecule has 2 saturated carbocycles. The van der Waals surface area contributed by atoms with Crippen molar-refractivity contribution >= 4 is 39.1 Å². The molecule has 2 aliphatic rings. The van der Waals surface area contributed by atoms with Gasteiger partial charge in [0, 0.05) is 12.2 Å². The van der Waals surface area contributed by atoms with Crippen LogP contribution >= 0.6 is 11.3 Å². The largest absolute Gasteiger partial charge is 0.390 e. The summed E-state index contributed by atoms with van der Waals surface area (Å²) in [6.45, 7) is 7.06. The Morgan fingerprint density at radius 2 is 1.73 bits per heavy atom. The molecule has 0 radical (unpaired) electrons. The highest BCUT2D eigenvalue weighted by Crippen LogP contribution is 2.41. The lowest BCUT2D eigenvalue weighted by atomic mass is 9.76. The number of benzene rings is 1. The van der Waals surface area contributed by atoms with Crippen molar-refractivity contribution in [1.29, 1.82) is 0 Å². The average molecular weight is 559 g/mol. The van der Waals surface area contributed by atoms with Gasteiger partial charge in [-0.15, -0.1) is 11.3 Å². The van der Waals surface area contributed by atoms with Gasteiger partial charge in [-0.2, -0.15) is 4.98 Å². The molecule has 4 aromatic rings. The normalized spacial score (nSPS) is 24.8. The van der Waals surface area contributed by atoms with Gasteiger partial charge in [0.05, 0.1) is 39.2 Å². The number of aromatic nitrogens is 4. The smallest absolute Gasteiger partial charge is 0.225 e. The van der Waals surface area contributed by atoms with E-state index in [-0.39, 0.29) is 11.8 Å². The van der Waals surface area contributed by atoms with Crippen LogP contribution in [0.15, 0.2) is 42.6 Å². The van der Waals surface area contributed by atoms with Crippen molar-refractivity contribution in [3.05, 3.63) is 59.5 Å². The Kier molecular flexibility index (Phi) is 6.80. The Morgan fingerprint density at radius 3 is 2.40 bits per heavy atom. The van der Waals surface area contributed by atoms with E-state index in [9.17, 15) is 15.0 Å². The first-order valence-corrected chi connectivity index (χ1v) is 14.5. The van der Waals surface area contributed by atoms with Gasteiger partial charge in [0.25, 0.3) is 0 Å². The SMILES string of the molecule is Cc1nc(NC2CC(c3ccccc3)C2)nc(N[C@@H]2C[C@H](C(C)(C)O)C(=O)[C@H]2O)c1-c1nc2c(C)nccc2s1. The summed E-state index contributed by atoms with van der Waals surface area (Å²) in [6.07, 6.45) is 2.79. The van der Waals surface area contributed by atoms with Crippen LogP contribution in [0.2, 0.25) is 0 Å². The minimum atomic E-state index is -1.25. The minimum absolute atomic E-state index is 0.248. The van der Waals surface area contributed by atoms with Crippen molar-refractivity contribution < 1.29 is 15.0 Å². The van der Waals surface area contributed by atoms with E-state index in [0.717, 1.165) is 45.0 Å². The average Bonchev–Trinajstić information content (AvgIpc) is 3.44. The first-order valence-electron chi connectivity index (χ1n) is 13.7. The summed E-state index contributed by atoms with van der Waals surface area (Å²) in [4.78, 5) is 31.7. The lowest BCUT2D eigenvalue weighted by molar-refractivity contribution is -0.133. The quantitative estimate of drug-likeness (QED) is 0.256. The van der Waals surface area contributed by atoms with E-state index in [1.807, 2.05) is 26.0 Å². The molecule has 3 heterocycles. The van der Waals surface area contributed by atoms with E-state index in [4.69, 9.17) is 15.0 Å². The van der Waals surface area contributed by atoms with E-state index >= 15 is 0 Å². The van der Waals surface area contributed by atoms with Crippen molar-refractivity contribution in [3.63, 3.8) is 0 Å². The maximum absolute atomic E-state index is 12.8. The maximum atomic E-state index is 12.8. The number of pyridine rings is 1. The Hall–Kier alpha value is -3.47. The number of anilines is 2. The molecule has 40 heavy (non-hydrogen) atoms. The van der Waals surface area contributed by atoms with Gasteiger partial charge < -0.3 is 20.8 Å². The zero-order chi connectivity index (χ0) is 28.2. The van der Waals surface area contributed by atoms with Crippen LogP contribution in [0.1, 0.15) is 56.0 Å².